The Morgan fingerprint density at radius 2 is 1.92 bits per heavy atom. The number of imidazole rings is 1. The smallest absolute Gasteiger partial charge is 0.309 e. The summed E-state index contributed by atoms with van der Waals surface area (Å²) in [4.78, 5) is 7.69. The highest BCUT2D eigenvalue weighted by molar-refractivity contribution is 7.98. The molecule has 0 aliphatic heterocycles. The molecule has 0 unspecified atom stereocenters. The molecule has 0 aliphatic carbocycles. The second-order valence-electron chi connectivity index (χ2n) is 5.67. The summed E-state index contributed by atoms with van der Waals surface area (Å²) in [5.74, 6) is 1.10. The third kappa shape index (κ3) is 4.76. The average Bonchev–Trinajstić information content (AvgIpc) is 3.03. The quantitative estimate of drug-likeness (QED) is 0.467. The molecule has 3 aromatic rings. The fourth-order valence-corrected chi connectivity index (χ4v) is 4.32. The van der Waals surface area contributed by atoms with Crippen LogP contribution < -0.4 is 4.18 Å². The molecular weight excluding hydrogens is 356 g/mol. The zero-order valence-corrected chi connectivity index (χ0v) is 15.6. The van der Waals surface area contributed by atoms with Crippen LogP contribution in [0.5, 0.6) is 5.75 Å². The molecule has 0 amide bonds. The number of benzene rings is 2. The lowest BCUT2D eigenvalue weighted by Gasteiger charge is -2.06. The Morgan fingerprint density at radius 1 is 1.12 bits per heavy atom. The van der Waals surface area contributed by atoms with Crippen molar-refractivity contribution in [3.8, 4) is 5.75 Å². The minimum absolute atomic E-state index is 0.0175. The summed E-state index contributed by atoms with van der Waals surface area (Å²) in [6.45, 7) is 1.95. The molecular formula is C18H20N2O3S2. The zero-order valence-electron chi connectivity index (χ0n) is 13.9. The van der Waals surface area contributed by atoms with Gasteiger partial charge in [-0.05, 0) is 24.1 Å². The molecule has 0 bridgehead atoms. The van der Waals surface area contributed by atoms with Crippen molar-refractivity contribution in [2.75, 3.05) is 5.75 Å². The van der Waals surface area contributed by atoms with Crippen molar-refractivity contribution >= 4 is 32.9 Å². The molecule has 0 saturated carbocycles. The summed E-state index contributed by atoms with van der Waals surface area (Å²) in [6, 6.07) is 15.3. The van der Waals surface area contributed by atoms with Crippen LogP contribution >= 0.6 is 11.8 Å². The van der Waals surface area contributed by atoms with Crippen LogP contribution in [0.3, 0.4) is 0 Å². The number of rotatable bonds is 8. The largest absolute Gasteiger partial charge is 0.380 e. The number of aromatic nitrogens is 2. The number of aromatic amines is 1. The molecule has 0 radical (unpaired) electrons. The third-order valence-electron chi connectivity index (χ3n) is 3.64. The molecule has 1 aromatic heterocycles. The fourth-order valence-electron chi connectivity index (χ4n) is 2.35. The minimum Gasteiger partial charge on any atom is -0.380 e. The Hall–Kier alpha value is -1.99. The van der Waals surface area contributed by atoms with Gasteiger partial charge in [0.15, 0.2) is 10.9 Å². The highest BCUT2D eigenvalue weighted by atomic mass is 32.2. The monoisotopic (exact) mass is 376 g/mol. The lowest BCUT2D eigenvalue weighted by Crippen LogP contribution is -2.13. The van der Waals surface area contributed by atoms with Gasteiger partial charge in [-0.2, -0.15) is 8.42 Å². The number of H-pyrrole nitrogens is 1. The van der Waals surface area contributed by atoms with Crippen molar-refractivity contribution in [1.82, 2.24) is 9.97 Å². The maximum atomic E-state index is 12.1. The molecule has 25 heavy (non-hydrogen) atoms. The first kappa shape index (κ1) is 17.8. The maximum Gasteiger partial charge on any atom is 0.309 e. The lowest BCUT2D eigenvalue weighted by atomic mass is 10.2. The van der Waals surface area contributed by atoms with Gasteiger partial charge in [0.25, 0.3) is 0 Å². The highest BCUT2D eigenvalue weighted by Crippen LogP contribution is 2.29. The molecule has 0 atom stereocenters. The van der Waals surface area contributed by atoms with Gasteiger partial charge in [0.1, 0.15) is 5.52 Å². The van der Waals surface area contributed by atoms with E-state index in [4.69, 9.17) is 4.18 Å². The molecule has 132 valence electrons. The summed E-state index contributed by atoms with van der Waals surface area (Å²) < 4.78 is 29.4. The van der Waals surface area contributed by atoms with Crippen LogP contribution in [-0.4, -0.2) is 24.1 Å². The van der Waals surface area contributed by atoms with Gasteiger partial charge >= 0.3 is 10.1 Å². The van der Waals surface area contributed by atoms with E-state index < -0.39 is 10.1 Å². The summed E-state index contributed by atoms with van der Waals surface area (Å²) in [5.41, 5.74) is 2.50. The van der Waals surface area contributed by atoms with E-state index in [1.54, 1.807) is 23.9 Å². The average molecular weight is 377 g/mol. The predicted octanol–water partition coefficient (Wildman–Crippen LogP) is 4.36. The molecule has 1 heterocycles. The van der Waals surface area contributed by atoms with E-state index in [2.05, 4.69) is 22.1 Å². The minimum atomic E-state index is -3.59. The Labute approximate surface area is 151 Å². The lowest BCUT2D eigenvalue weighted by molar-refractivity contribution is 0.486. The molecule has 0 aliphatic rings. The van der Waals surface area contributed by atoms with Gasteiger partial charge in [-0.3, -0.25) is 0 Å². The number of hydrogen-bond donors (Lipinski definition) is 1. The van der Waals surface area contributed by atoms with Crippen molar-refractivity contribution in [1.29, 1.82) is 0 Å². The highest BCUT2D eigenvalue weighted by Gasteiger charge is 2.16. The standard InChI is InChI=1S/C18H20N2O3S2/c1-2-3-12-25(21,22)23-16-11-7-10-15-17(16)20-18(19-15)24-13-14-8-5-4-6-9-14/h4-11H,2-3,12-13H2,1H3,(H,19,20). The van der Waals surface area contributed by atoms with Crippen molar-refractivity contribution in [2.45, 2.75) is 30.7 Å². The first-order valence-electron chi connectivity index (χ1n) is 8.15. The van der Waals surface area contributed by atoms with Crippen LogP contribution in [0.4, 0.5) is 0 Å². The number of thioether (sulfide) groups is 1. The molecule has 7 heteroatoms. The predicted molar refractivity (Wildman–Crippen MR) is 101 cm³/mol. The first-order valence-corrected chi connectivity index (χ1v) is 10.7. The molecule has 0 saturated heterocycles. The van der Waals surface area contributed by atoms with Crippen LogP contribution in [0, 0.1) is 0 Å². The van der Waals surface area contributed by atoms with Crippen LogP contribution in [0.25, 0.3) is 11.0 Å². The number of nitrogens with zero attached hydrogens (tertiary/aromatic N) is 1. The first-order chi connectivity index (χ1) is 12.1. The van der Waals surface area contributed by atoms with Crippen LogP contribution in [0.1, 0.15) is 25.3 Å². The fraction of sp³-hybridized carbons (Fsp3) is 0.278. The van der Waals surface area contributed by atoms with E-state index in [1.165, 1.54) is 5.56 Å². The zero-order chi connectivity index (χ0) is 17.7. The summed E-state index contributed by atoms with van der Waals surface area (Å²) in [6.07, 6.45) is 1.39. The van der Waals surface area contributed by atoms with E-state index >= 15 is 0 Å². The van der Waals surface area contributed by atoms with Crippen molar-refractivity contribution in [3.05, 3.63) is 54.1 Å². The third-order valence-corrected chi connectivity index (χ3v) is 5.81. The van der Waals surface area contributed by atoms with E-state index in [-0.39, 0.29) is 5.75 Å². The van der Waals surface area contributed by atoms with Gasteiger partial charge in [-0.25, -0.2) is 4.98 Å². The van der Waals surface area contributed by atoms with E-state index in [9.17, 15) is 8.42 Å². The van der Waals surface area contributed by atoms with Gasteiger partial charge in [-0.1, -0.05) is 61.5 Å². The summed E-state index contributed by atoms with van der Waals surface area (Å²) in [5, 5.41) is 0.737. The van der Waals surface area contributed by atoms with Gasteiger partial charge < -0.3 is 9.17 Å². The summed E-state index contributed by atoms with van der Waals surface area (Å²) in [7, 11) is -3.59. The Bertz CT molecular complexity index is 937. The molecule has 2 aromatic carbocycles. The van der Waals surface area contributed by atoms with Gasteiger partial charge in [-0.15, -0.1) is 0 Å². The van der Waals surface area contributed by atoms with Gasteiger partial charge in [0, 0.05) is 5.75 Å². The van der Waals surface area contributed by atoms with E-state index in [0.29, 0.717) is 23.2 Å². The Balaban J connectivity index is 1.78. The number of fused-ring (bicyclic) bond motifs is 1. The van der Waals surface area contributed by atoms with Crippen molar-refractivity contribution < 1.29 is 12.6 Å². The molecule has 5 nitrogen and oxygen atoms in total. The van der Waals surface area contributed by atoms with Crippen molar-refractivity contribution in [3.63, 3.8) is 0 Å². The van der Waals surface area contributed by atoms with Crippen molar-refractivity contribution in [2.24, 2.45) is 0 Å². The maximum absolute atomic E-state index is 12.1. The second-order valence-corrected chi connectivity index (χ2v) is 8.32. The van der Waals surface area contributed by atoms with Gasteiger partial charge in [0.05, 0.1) is 11.3 Å². The van der Waals surface area contributed by atoms with E-state index in [0.717, 1.165) is 17.3 Å². The molecule has 0 spiro atoms. The second kappa shape index (κ2) is 7.93. The number of hydrogen-bond acceptors (Lipinski definition) is 5. The SMILES string of the molecule is CCCCS(=O)(=O)Oc1cccc2nc(SCc3ccccc3)[nH]c12. The number of unbranched alkanes of at least 4 members (excludes halogenated alkanes) is 1. The van der Waals surface area contributed by atoms with E-state index in [1.807, 2.05) is 31.2 Å². The molecule has 3 rings (SSSR count). The normalized spacial score (nSPS) is 11.7. The van der Waals surface area contributed by atoms with Gasteiger partial charge in [0.2, 0.25) is 0 Å². The van der Waals surface area contributed by atoms with Crippen LogP contribution in [0.2, 0.25) is 0 Å². The number of para-hydroxylation sites is 1. The summed E-state index contributed by atoms with van der Waals surface area (Å²) >= 11 is 1.57. The van der Waals surface area contributed by atoms with Crippen LogP contribution in [-0.2, 0) is 15.9 Å². The Kier molecular flexibility index (Phi) is 5.65. The number of nitrogens with one attached hydrogen (secondary N) is 1. The Morgan fingerprint density at radius 3 is 2.68 bits per heavy atom. The van der Waals surface area contributed by atoms with Crippen LogP contribution in [0.15, 0.2) is 53.7 Å². The molecule has 1 N–H and O–H groups in total. The topological polar surface area (TPSA) is 72.1 Å². The molecule has 0 fully saturated rings.